The Morgan fingerprint density at radius 2 is 1.61 bits per heavy atom. The molecule has 8 heteroatoms. The van der Waals surface area contributed by atoms with Crippen LogP contribution in [-0.4, -0.2) is 61.0 Å². The summed E-state index contributed by atoms with van der Waals surface area (Å²) >= 11 is 1.30. The van der Waals surface area contributed by atoms with Crippen LogP contribution in [0.2, 0.25) is 0 Å². The fraction of sp³-hybridized carbons (Fsp3) is 0.250. The summed E-state index contributed by atoms with van der Waals surface area (Å²) in [6.45, 7) is 4.45. The lowest BCUT2D eigenvalue weighted by Gasteiger charge is -2.27. The molecule has 0 radical (unpaired) electrons. The van der Waals surface area contributed by atoms with Gasteiger partial charge in [0.15, 0.2) is 10.9 Å². The van der Waals surface area contributed by atoms with E-state index in [1.807, 2.05) is 18.2 Å². The summed E-state index contributed by atoms with van der Waals surface area (Å²) in [6, 6.07) is 20.5. The monoisotopic (exact) mass is 503 g/mol. The predicted octanol–water partition coefficient (Wildman–Crippen LogP) is 5.04. The summed E-state index contributed by atoms with van der Waals surface area (Å²) < 4.78 is 20.4. The van der Waals surface area contributed by atoms with Crippen LogP contribution in [-0.2, 0) is 4.74 Å². The molecule has 1 fully saturated rings. The summed E-state index contributed by atoms with van der Waals surface area (Å²) in [6.07, 6.45) is 0.745. The van der Waals surface area contributed by atoms with E-state index in [2.05, 4.69) is 9.88 Å². The molecule has 6 nitrogen and oxygen atoms in total. The van der Waals surface area contributed by atoms with Crippen molar-refractivity contribution >= 4 is 38.4 Å². The second-order valence-corrected chi connectivity index (χ2v) is 9.63. The number of nitrogens with zero attached hydrogens (tertiary/aromatic N) is 3. The summed E-state index contributed by atoms with van der Waals surface area (Å²) in [4.78, 5) is 34.8. The van der Waals surface area contributed by atoms with Gasteiger partial charge in [0.1, 0.15) is 11.3 Å². The van der Waals surface area contributed by atoms with Crippen molar-refractivity contribution in [2.45, 2.75) is 6.42 Å². The molecular weight excluding hydrogens is 477 g/mol. The van der Waals surface area contributed by atoms with Gasteiger partial charge in [-0.3, -0.25) is 19.4 Å². The summed E-state index contributed by atoms with van der Waals surface area (Å²) in [5.41, 5.74) is 1.83. The van der Waals surface area contributed by atoms with Gasteiger partial charge in [0.25, 0.3) is 5.91 Å². The van der Waals surface area contributed by atoms with Gasteiger partial charge in [-0.2, -0.15) is 0 Å². The van der Waals surface area contributed by atoms with Gasteiger partial charge in [-0.25, -0.2) is 9.37 Å². The largest absolute Gasteiger partial charge is 0.379 e. The maximum Gasteiger partial charge on any atom is 0.260 e. The average Bonchev–Trinajstić information content (AvgIpc) is 3.37. The molecule has 1 aromatic heterocycles. The molecule has 1 aliphatic heterocycles. The number of para-hydroxylation sites is 1. The van der Waals surface area contributed by atoms with E-state index >= 15 is 0 Å². The number of halogens is 1. The summed E-state index contributed by atoms with van der Waals surface area (Å²) in [5, 5.41) is 0.464. The molecule has 0 N–H and O–H groups in total. The van der Waals surface area contributed by atoms with Crippen molar-refractivity contribution in [3.8, 4) is 0 Å². The van der Waals surface area contributed by atoms with Crippen LogP contribution in [0.25, 0.3) is 10.2 Å². The van der Waals surface area contributed by atoms with Crippen LogP contribution in [0.5, 0.6) is 0 Å². The lowest BCUT2D eigenvalue weighted by Crippen LogP contribution is -2.39. The van der Waals surface area contributed by atoms with Crippen molar-refractivity contribution in [2.75, 3.05) is 44.3 Å². The van der Waals surface area contributed by atoms with Crippen molar-refractivity contribution in [3.05, 3.63) is 95.3 Å². The lowest BCUT2D eigenvalue weighted by atomic mass is 10.0. The predicted molar refractivity (Wildman–Crippen MR) is 139 cm³/mol. The Bertz CT molecular complexity index is 1350. The number of hydrogen-bond donors (Lipinski definition) is 0. The third-order valence-corrected chi connectivity index (χ3v) is 7.27. The zero-order chi connectivity index (χ0) is 24.9. The molecule has 36 heavy (non-hydrogen) atoms. The molecule has 0 saturated carbocycles. The van der Waals surface area contributed by atoms with Gasteiger partial charge < -0.3 is 4.74 Å². The van der Waals surface area contributed by atoms with Gasteiger partial charge in [-0.1, -0.05) is 59.9 Å². The molecule has 0 bridgehead atoms. The van der Waals surface area contributed by atoms with E-state index in [4.69, 9.17) is 4.74 Å². The van der Waals surface area contributed by atoms with Gasteiger partial charge in [-0.15, -0.1) is 0 Å². The number of benzene rings is 3. The first kappa shape index (κ1) is 24.2. The SMILES string of the molecule is O=C(c1ccccc1)c1ccc(C(=O)N(CCCN2CCOCC2)c2nc3c(F)cccc3s2)cc1. The van der Waals surface area contributed by atoms with E-state index in [1.165, 1.54) is 17.4 Å². The van der Waals surface area contributed by atoms with Crippen LogP contribution in [0.4, 0.5) is 9.52 Å². The van der Waals surface area contributed by atoms with Crippen LogP contribution >= 0.6 is 11.3 Å². The number of morpholine rings is 1. The Kier molecular flexibility index (Phi) is 7.46. The standard InChI is InChI=1S/C28H26FN3O3S/c29-23-8-4-9-24-25(23)30-28(36-24)32(15-5-14-31-16-18-35-19-17-31)27(34)22-12-10-21(11-13-22)26(33)20-6-2-1-3-7-20/h1-4,6-13H,5,14-19H2. The normalized spacial score (nSPS) is 14.1. The number of carbonyl (C=O) groups is 2. The lowest BCUT2D eigenvalue weighted by molar-refractivity contribution is 0.0376. The molecule has 4 aromatic rings. The second kappa shape index (κ2) is 11.1. The maximum absolute atomic E-state index is 14.3. The van der Waals surface area contributed by atoms with Crippen molar-refractivity contribution in [3.63, 3.8) is 0 Å². The van der Waals surface area contributed by atoms with Crippen molar-refractivity contribution < 1.29 is 18.7 Å². The number of aromatic nitrogens is 1. The van der Waals surface area contributed by atoms with Crippen LogP contribution in [0.15, 0.2) is 72.8 Å². The Morgan fingerprint density at radius 1 is 0.917 bits per heavy atom. The van der Waals surface area contributed by atoms with Gasteiger partial charge in [0.05, 0.1) is 17.9 Å². The number of fused-ring (bicyclic) bond motifs is 1. The third kappa shape index (κ3) is 5.36. The molecule has 1 amide bonds. The van der Waals surface area contributed by atoms with Gasteiger partial charge in [0.2, 0.25) is 0 Å². The van der Waals surface area contributed by atoms with Gasteiger partial charge in [-0.05, 0) is 30.7 Å². The van der Waals surface area contributed by atoms with E-state index < -0.39 is 5.82 Å². The quantitative estimate of drug-likeness (QED) is 0.316. The number of thiazole rings is 1. The minimum atomic E-state index is -0.403. The number of ether oxygens (including phenoxy) is 1. The first-order valence-corrected chi connectivity index (χ1v) is 12.8. The van der Waals surface area contributed by atoms with Crippen LogP contribution in [0, 0.1) is 5.82 Å². The van der Waals surface area contributed by atoms with Gasteiger partial charge in [0, 0.05) is 42.9 Å². The van der Waals surface area contributed by atoms with Crippen LogP contribution in [0.3, 0.4) is 0 Å². The molecule has 0 aliphatic carbocycles. The molecule has 1 aliphatic rings. The molecule has 2 heterocycles. The van der Waals surface area contributed by atoms with E-state index in [0.717, 1.165) is 26.1 Å². The molecule has 5 rings (SSSR count). The van der Waals surface area contributed by atoms with E-state index in [1.54, 1.807) is 53.4 Å². The number of ketones is 1. The van der Waals surface area contributed by atoms with Crippen molar-refractivity contribution in [2.24, 2.45) is 0 Å². The maximum atomic E-state index is 14.3. The van der Waals surface area contributed by atoms with Gasteiger partial charge >= 0.3 is 0 Å². The zero-order valence-corrected chi connectivity index (χ0v) is 20.5. The second-order valence-electron chi connectivity index (χ2n) is 8.62. The average molecular weight is 504 g/mol. The number of rotatable bonds is 8. The highest BCUT2D eigenvalue weighted by Gasteiger charge is 2.23. The highest BCUT2D eigenvalue weighted by Crippen LogP contribution is 2.31. The molecule has 0 atom stereocenters. The minimum absolute atomic E-state index is 0.0985. The Labute approximate surface area is 212 Å². The molecule has 1 saturated heterocycles. The third-order valence-electron chi connectivity index (χ3n) is 6.22. The fourth-order valence-electron chi connectivity index (χ4n) is 4.26. The fourth-order valence-corrected chi connectivity index (χ4v) is 5.26. The van der Waals surface area contributed by atoms with Crippen LogP contribution in [0.1, 0.15) is 32.7 Å². The first-order chi connectivity index (χ1) is 17.6. The first-order valence-electron chi connectivity index (χ1n) is 12.0. The highest BCUT2D eigenvalue weighted by atomic mass is 32.1. The molecule has 0 spiro atoms. The zero-order valence-electron chi connectivity index (χ0n) is 19.7. The number of hydrogen-bond acceptors (Lipinski definition) is 6. The Morgan fingerprint density at radius 3 is 2.33 bits per heavy atom. The van der Waals surface area contributed by atoms with Crippen molar-refractivity contribution in [1.29, 1.82) is 0 Å². The molecule has 184 valence electrons. The highest BCUT2D eigenvalue weighted by molar-refractivity contribution is 7.22. The molecule has 3 aromatic carbocycles. The minimum Gasteiger partial charge on any atom is -0.379 e. The van der Waals surface area contributed by atoms with E-state index in [0.29, 0.717) is 46.3 Å². The molecule has 0 unspecified atom stereocenters. The Hall–Kier alpha value is -3.46. The smallest absolute Gasteiger partial charge is 0.260 e. The number of anilines is 1. The Balaban J connectivity index is 1.38. The van der Waals surface area contributed by atoms with Crippen LogP contribution < -0.4 is 4.90 Å². The van der Waals surface area contributed by atoms with Crippen molar-refractivity contribution in [1.82, 2.24) is 9.88 Å². The summed E-state index contributed by atoms with van der Waals surface area (Å²) in [7, 11) is 0. The topological polar surface area (TPSA) is 62.7 Å². The number of carbonyl (C=O) groups excluding carboxylic acids is 2. The van der Waals surface area contributed by atoms with E-state index in [-0.39, 0.29) is 17.2 Å². The summed E-state index contributed by atoms with van der Waals surface area (Å²) in [5.74, 6) is -0.728. The molecular formula is C28H26FN3O3S. The number of amides is 1. The van der Waals surface area contributed by atoms with E-state index in [9.17, 15) is 14.0 Å².